The summed E-state index contributed by atoms with van der Waals surface area (Å²) in [4.78, 5) is 2.36. The van der Waals surface area contributed by atoms with E-state index in [9.17, 15) is 0 Å². The molecule has 1 aromatic rings. The molecule has 2 rings (SSSR count). The van der Waals surface area contributed by atoms with Crippen molar-refractivity contribution in [2.45, 2.75) is 32.6 Å². The predicted molar refractivity (Wildman–Crippen MR) is 76.0 cm³/mol. The van der Waals surface area contributed by atoms with Gasteiger partial charge in [-0.15, -0.1) is 0 Å². The zero-order valence-electron chi connectivity index (χ0n) is 10.8. The Labute approximate surface area is 114 Å². The van der Waals surface area contributed by atoms with Crippen molar-refractivity contribution in [1.82, 2.24) is 0 Å². The number of nitriles is 1. The second kappa shape index (κ2) is 6.11. The van der Waals surface area contributed by atoms with Crippen molar-refractivity contribution >= 4 is 17.3 Å². The van der Waals surface area contributed by atoms with E-state index in [1.165, 1.54) is 25.7 Å². The summed E-state index contributed by atoms with van der Waals surface area (Å²) >= 11 is 6.27. The molecule has 1 unspecified atom stereocenters. The molecule has 0 aromatic heterocycles. The highest BCUT2D eigenvalue weighted by atomic mass is 35.5. The van der Waals surface area contributed by atoms with Gasteiger partial charge >= 0.3 is 0 Å². The third-order valence-electron chi connectivity index (χ3n) is 3.84. The van der Waals surface area contributed by atoms with Crippen LogP contribution in [-0.2, 0) is 0 Å². The zero-order chi connectivity index (χ0) is 13.0. The number of rotatable bonds is 2. The van der Waals surface area contributed by atoms with Crippen LogP contribution in [-0.4, -0.2) is 13.1 Å². The van der Waals surface area contributed by atoms with E-state index in [1.54, 1.807) is 6.07 Å². The van der Waals surface area contributed by atoms with Crippen molar-refractivity contribution in [2.75, 3.05) is 18.0 Å². The first kappa shape index (κ1) is 13.2. The quantitative estimate of drug-likeness (QED) is 0.798. The molecule has 1 aromatic carbocycles. The molecule has 3 heteroatoms. The molecule has 96 valence electrons. The third kappa shape index (κ3) is 2.97. The molecule has 1 saturated heterocycles. The SMILES string of the molecule is CCC1CCCN(c2ccc(C#N)cc2Cl)CC1. The second-order valence-electron chi connectivity index (χ2n) is 4.97. The van der Waals surface area contributed by atoms with E-state index in [4.69, 9.17) is 16.9 Å². The van der Waals surface area contributed by atoms with Crippen LogP contribution in [0.4, 0.5) is 5.69 Å². The molecule has 0 radical (unpaired) electrons. The largest absolute Gasteiger partial charge is 0.370 e. The molecular weight excluding hydrogens is 244 g/mol. The Morgan fingerprint density at radius 2 is 2.22 bits per heavy atom. The van der Waals surface area contributed by atoms with Crippen molar-refractivity contribution in [3.8, 4) is 6.07 Å². The van der Waals surface area contributed by atoms with Gasteiger partial charge in [-0.3, -0.25) is 0 Å². The van der Waals surface area contributed by atoms with Gasteiger partial charge in [0.2, 0.25) is 0 Å². The molecule has 0 N–H and O–H groups in total. The fourth-order valence-corrected chi connectivity index (χ4v) is 2.95. The molecular formula is C15H19ClN2. The Hall–Kier alpha value is -1.20. The predicted octanol–water partition coefficient (Wildman–Crippen LogP) is 4.23. The van der Waals surface area contributed by atoms with Crippen LogP contribution in [0.15, 0.2) is 18.2 Å². The Bertz CT molecular complexity index is 450. The summed E-state index contributed by atoms with van der Waals surface area (Å²) in [6.45, 7) is 4.42. The standard InChI is InChI=1S/C15H19ClN2/c1-2-12-4-3-8-18(9-7-12)15-6-5-13(11-17)10-14(15)16/h5-6,10,12H,2-4,7-9H2,1H3. The molecule has 1 aliphatic rings. The van der Waals surface area contributed by atoms with Crippen LogP contribution in [0.3, 0.4) is 0 Å². The van der Waals surface area contributed by atoms with E-state index in [0.717, 1.165) is 24.7 Å². The molecule has 18 heavy (non-hydrogen) atoms. The highest BCUT2D eigenvalue weighted by Crippen LogP contribution is 2.30. The smallest absolute Gasteiger partial charge is 0.0992 e. The van der Waals surface area contributed by atoms with Crippen molar-refractivity contribution in [3.05, 3.63) is 28.8 Å². The lowest BCUT2D eigenvalue weighted by Gasteiger charge is -2.24. The molecule has 0 aliphatic carbocycles. The average Bonchev–Trinajstić information content (AvgIpc) is 2.63. The minimum Gasteiger partial charge on any atom is -0.370 e. The summed E-state index contributed by atoms with van der Waals surface area (Å²) in [5, 5.41) is 9.55. The van der Waals surface area contributed by atoms with E-state index in [-0.39, 0.29) is 0 Å². The first-order valence-corrected chi connectivity index (χ1v) is 7.07. The van der Waals surface area contributed by atoms with Crippen molar-refractivity contribution < 1.29 is 0 Å². The average molecular weight is 263 g/mol. The van der Waals surface area contributed by atoms with Gasteiger partial charge in [0, 0.05) is 13.1 Å². The summed E-state index contributed by atoms with van der Waals surface area (Å²) in [6, 6.07) is 7.72. The highest BCUT2D eigenvalue weighted by molar-refractivity contribution is 6.33. The van der Waals surface area contributed by atoms with Crippen molar-refractivity contribution in [1.29, 1.82) is 5.26 Å². The summed E-state index contributed by atoms with van der Waals surface area (Å²) in [5.74, 6) is 0.854. The van der Waals surface area contributed by atoms with Gasteiger partial charge in [-0.2, -0.15) is 5.26 Å². The zero-order valence-corrected chi connectivity index (χ0v) is 11.6. The molecule has 0 bridgehead atoms. The van der Waals surface area contributed by atoms with Crippen LogP contribution < -0.4 is 4.90 Å². The molecule has 0 spiro atoms. The van der Waals surface area contributed by atoms with Crippen LogP contribution >= 0.6 is 11.6 Å². The van der Waals surface area contributed by atoms with Crippen molar-refractivity contribution in [3.63, 3.8) is 0 Å². The number of halogens is 1. The summed E-state index contributed by atoms with van der Waals surface area (Å²) < 4.78 is 0. The minimum absolute atomic E-state index is 0.630. The third-order valence-corrected chi connectivity index (χ3v) is 4.15. The number of anilines is 1. The Kier molecular flexibility index (Phi) is 4.49. The maximum atomic E-state index is 8.85. The van der Waals surface area contributed by atoms with Gasteiger partial charge in [0.05, 0.1) is 22.3 Å². The first-order valence-electron chi connectivity index (χ1n) is 6.69. The van der Waals surface area contributed by atoms with Gasteiger partial charge in [0.1, 0.15) is 0 Å². The fraction of sp³-hybridized carbons (Fsp3) is 0.533. The molecule has 1 aliphatic heterocycles. The number of benzene rings is 1. The molecule has 1 fully saturated rings. The summed E-state index contributed by atoms with van der Waals surface area (Å²) in [5.41, 5.74) is 1.71. The fourth-order valence-electron chi connectivity index (χ4n) is 2.65. The molecule has 1 atom stereocenters. The summed E-state index contributed by atoms with van der Waals surface area (Å²) in [6.07, 6.45) is 5.07. The maximum absolute atomic E-state index is 8.85. The molecule has 2 nitrogen and oxygen atoms in total. The van der Waals surface area contributed by atoms with E-state index in [0.29, 0.717) is 10.6 Å². The minimum atomic E-state index is 0.630. The van der Waals surface area contributed by atoms with Crippen LogP contribution in [0.5, 0.6) is 0 Å². The van der Waals surface area contributed by atoms with Crippen molar-refractivity contribution in [2.24, 2.45) is 5.92 Å². The van der Waals surface area contributed by atoms with Crippen LogP contribution in [0.2, 0.25) is 5.02 Å². The Balaban J connectivity index is 2.14. The van der Waals surface area contributed by atoms with Gasteiger partial charge in [-0.05, 0) is 43.4 Å². The monoisotopic (exact) mass is 262 g/mol. The molecule has 0 saturated carbocycles. The van der Waals surface area contributed by atoms with Gasteiger partial charge in [-0.1, -0.05) is 24.9 Å². The van der Waals surface area contributed by atoms with E-state index in [2.05, 4.69) is 17.9 Å². The van der Waals surface area contributed by atoms with E-state index >= 15 is 0 Å². The normalized spacial score (nSPS) is 20.3. The Morgan fingerprint density at radius 1 is 1.39 bits per heavy atom. The van der Waals surface area contributed by atoms with Gasteiger partial charge < -0.3 is 4.90 Å². The van der Waals surface area contributed by atoms with E-state index < -0.39 is 0 Å². The van der Waals surface area contributed by atoms with Crippen LogP contribution in [0.1, 0.15) is 38.2 Å². The lowest BCUT2D eigenvalue weighted by molar-refractivity contribution is 0.459. The van der Waals surface area contributed by atoms with Gasteiger partial charge in [-0.25, -0.2) is 0 Å². The highest BCUT2D eigenvalue weighted by Gasteiger charge is 2.17. The number of nitrogens with zero attached hydrogens (tertiary/aromatic N) is 2. The van der Waals surface area contributed by atoms with Gasteiger partial charge in [0.15, 0.2) is 0 Å². The first-order chi connectivity index (χ1) is 8.74. The van der Waals surface area contributed by atoms with Gasteiger partial charge in [0.25, 0.3) is 0 Å². The van der Waals surface area contributed by atoms with Crippen LogP contribution in [0.25, 0.3) is 0 Å². The lowest BCUT2D eigenvalue weighted by atomic mass is 9.98. The van der Waals surface area contributed by atoms with Crippen LogP contribution in [0, 0.1) is 17.2 Å². The maximum Gasteiger partial charge on any atom is 0.0992 e. The topological polar surface area (TPSA) is 27.0 Å². The van der Waals surface area contributed by atoms with E-state index in [1.807, 2.05) is 12.1 Å². The summed E-state index contributed by atoms with van der Waals surface area (Å²) in [7, 11) is 0. The second-order valence-corrected chi connectivity index (χ2v) is 5.38. The number of hydrogen-bond acceptors (Lipinski definition) is 2. The Morgan fingerprint density at radius 3 is 2.89 bits per heavy atom. The number of hydrogen-bond donors (Lipinski definition) is 0. The lowest BCUT2D eigenvalue weighted by Crippen LogP contribution is -2.24. The molecule has 1 heterocycles. The molecule has 0 amide bonds.